The zero-order valence-corrected chi connectivity index (χ0v) is 10.4. The van der Waals surface area contributed by atoms with Crippen LogP contribution in [0.2, 0.25) is 0 Å². The lowest BCUT2D eigenvalue weighted by Gasteiger charge is -2.17. The van der Waals surface area contributed by atoms with Crippen molar-refractivity contribution in [2.45, 2.75) is 17.4 Å². The summed E-state index contributed by atoms with van der Waals surface area (Å²) in [5.74, 6) is 0.328. The molecular formula is C11H15NO4S. The number of sulfonamides is 1. The summed E-state index contributed by atoms with van der Waals surface area (Å²) < 4.78 is 30.9. The molecular weight excluding hydrogens is 242 g/mol. The van der Waals surface area contributed by atoms with Gasteiger partial charge in [-0.15, -0.1) is 0 Å². The number of aliphatic hydroxyl groups is 1. The van der Waals surface area contributed by atoms with Crippen molar-refractivity contribution in [3.05, 3.63) is 24.3 Å². The van der Waals surface area contributed by atoms with Gasteiger partial charge in [0.25, 0.3) is 0 Å². The maximum Gasteiger partial charge on any atom is 0.246 e. The van der Waals surface area contributed by atoms with Gasteiger partial charge in [-0.1, -0.05) is 12.1 Å². The molecule has 0 spiro atoms. The smallest absolute Gasteiger partial charge is 0.246 e. The van der Waals surface area contributed by atoms with Crippen LogP contribution in [0, 0.1) is 0 Å². The van der Waals surface area contributed by atoms with Crippen LogP contribution < -0.4 is 4.74 Å². The summed E-state index contributed by atoms with van der Waals surface area (Å²) in [5, 5.41) is 9.40. The number of para-hydroxylation sites is 1. The Morgan fingerprint density at radius 1 is 1.41 bits per heavy atom. The van der Waals surface area contributed by atoms with Crippen LogP contribution in [-0.2, 0) is 10.0 Å². The largest absolute Gasteiger partial charge is 0.495 e. The third-order valence-corrected chi connectivity index (χ3v) is 4.72. The Morgan fingerprint density at radius 3 is 2.71 bits per heavy atom. The monoisotopic (exact) mass is 257 g/mol. The van der Waals surface area contributed by atoms with E-state index in [1.807, 2.05) is 0 Å². The number of hydrogen-bond donors (Lipinski definition) is 1. The van der Waals surface area contributed by atoms with Gasteiger partial charge in [-0.25, -0.2) is 8.42 Å². The Balaban J connectivity index is 2.38. The lowest BCUT2D eigenvalue weighted by atomic mass is 10.3. The first kappa shape index (κ1) is 12.3. The van der Waals surface area contributed by atoms with Crippen LogP contribution in [0.1, 0.15) is 6.42 Å². The molecule has 1 aliphatic rings. The van der Waals surface area contributed by atoms with Gasteiger partial charge in [0.15, 0.2) is 0 Å². The van der Waals surface area contributed by atoms with E-state index in [9.17, 15) is 13.5 Å². The lowest BCUT2D eigenvalue weighted by molar-refractivity contribution is 0.189. The number of methoxy groups -OCH3 is 1. The molecule has 1 aromatic carbocycles. The molecule has 1 fully saturated rings. The summed E-state index contributed by atoms with van der Waals surface area (Å²) in [6, 6.07) is 6.50. The van der Waals surface area contributed by atoms with Crippen LogP contribution in [0.25, 0.3) is 0 Å². The quantitative estimate of drug-likeness (QED) is 0.853. The predicted molar refractivity (Wildman–Crippen MR) is 62.4 cm³/mol. The van der Waals surface area contributed by atoms with E-state index in [-0.39, 0.29) is 11.4 Å². The fourth-order valence-corrected chi connectivity index (χ4v) is 3.55. The maximum atomic E-state index is 12.3. The Labute approximate surface area is 101 Å². The van der Waals surface area contributed by atoms with Crippen molar-refractivity contribution in [1.29, 1.82) is 0 Å². The molecule has 1 atom stereocenters. The Bertz CT molecular complexity index is 500. The zero-order chi connectivity index (χ0) is 12.5. The molecule has 1 heterocycles. The van der Waals surface area contributed by atoms with E-state index in [0.717, 1.165) is 0 Å². The van der Waals surface area contributed by atoms with Crippen LogP contribution in [-0.4, -0.2) is 44.1 Å². The van der Waals surface area contributed by atoms with Crippen molar-refractivity contribution in [1.82, 2.24) is 4.31 Å². The first-order valence-electron chi connectivity index (χ1n) is 5.37. The molecule has 1 aliphatic heterocycles. The minimum absolute atomic E-state index is 0.150. The van der Waals surface area contributed by atoms with Gasteiger partial charge in [-0.3, -0.25) is 0 Å². The first-order valence-corrected chi connectivity index (χ1v) is 6.81. The Morgan fingerprint density at radius 2 is 2.12 bits per heavy atom. The van der Waals surface area contributed by atoms with Gasteiger partial charge in [0.2, 0.25) is 10.0 Å². The van der Waals surface area contributed by atoms with Crippen molar-refractivity contribution in [2.75, 3.05) is 20.2 Å². The van der Waals surface area contributed by atoms with Crippen molar-refractivity contribution in [2.24, 2.45) is 0 Å². The van der Waals surface area contributed by atoms with Gasteiger partial charge in [-0.05, 0) is 18.6 Å². The molecule has 1 N–H and O–H groups in total. The second-order valence-corrected chi connectivity index (χ2v) is 5.86. The molecule has 2 rings (SSSR count). The average molecular weight is 257 g/mol. The van der Waals surface area contributed by atoms with Crippen molar-refractivity contribution < 1.29 is 18.3 Å². The Hall–Kier alpha value is -1.11. The highest BCUT2D eigenvalue weighted by Crippen LogP contribution is 2.28. The number of benzene rings is 1. The van der Waals surface area contributed by atoms with E-state index in [1.165, 1.54) is 17.5 Å². The second-order valence-electron chi connectivity index (χ2n) is 3.96. The average Bonchev–Trinajstić information content (AvgIpc) is 2.76. The molecule has 1 saturated heterocycles. The summed E-state index contributed by atoms with van der Waals surface area (Å²) in [7, 11) is -2.13. The highest BCUT2D eigenvalue weighted by Gasteiger charge is 2.33. The summed E-state index contributed by atoms with van der Waals surface area (Å²) in [5.41, 5.74) is 0. The number of rotatable bonds is 3. The fraction of sp³-hybridized carbons (Fsp3) is 0.455. The maximum absolute atomic E-state index is 12.3. The number of β-amino-alcohol motifs (C(OH)–C–C–N with tert-alkyl or cyclic N) is 1. The summed E-state index contributed by atoms with van der Waals surface area (Å²) >= 11 is 0. The summed E-state index contributed by atoms with van der Waals surface area (Å²) in [6.45, 7) is 0.502. The molecule has 94 valence electrons. The standard InChI is InChI=1S/C11H15NO4S/c1-16-10-4-2-3-5-11(10)17(14,15)12-7-6-9(13)8-12/h2-5,9,13H,6-8H2,1H3/t9-/m0/s1. The molecule has 17 heavy (non-hydrogen) atoms. The van der Waals surface area contributed by atoms with Crippen molar-refractivity contribution in [3.63, 3.8) is 0 Å². The molecule has 0 unspecified atom stereocenters. The van der Waals surface area contributed by atoms with Gasteiger partial charge in [-0.2, -0.15) is 4.31 Å². The van der Waals surface area contributed by atoms with Crippen LogP contribution in [0.5, 0.6) is 5.75 Å². The second kappa shape index (κ2) is 4.64. The van der Waals surface area contributed by atoms with E-state index in [4.69, 9.17) is 4.74 Å². The van der Waals surface area contributed by atoms with E-state index in [0.29, 0.717) is 18.7 Å². The van der Waals surface area contributed by atoms with E-state index < -0.39 is 16.1 Å². The number of hydrogen-bond acceptors (Lipinski definition) is 4. The number of ether oxygens (including phenoxy) is 1. The molecule has 0 radical (unpaired) electrons. The van der Waals surface area contributed by atoms with Gasteiger partial charge >= 0.3 is 0 Å². The summed E-state index contributed by atoms with van der Waals surface area (Å²) in [6.07, 6.45) is -0.0894. The van der Waals surface area contributed by atoms with E-state index >= 15 is 0 Å². The molecule has 0 bridgehead atoms. The number of aliphatic hydroxyl groups excluding tert-OH is 1. The molecule has 0 saturated carbocycles. The molecule has 0 amide bonds. The Kier molecular flexibility index (Phi) is 3.37. The normalized spacial score (nSPS) is 21.6. The predicted octanol–water partition coefficient (Wildman–Crippen LogP) is 0.451. The molecule has 0 aromatic heterocycles. The highest BCUT2D eigenvalue weighted by atomic mass is 32.2. The van der Waals surface area contributed by atoms with Crippen LogP contribution in [0.4, 0.5) is 0 Å². The van der Waals surface area contributed by atoms with Gasteiger partial charge in [0.05, 0.1) is 13.2 Å². The SMILES string of the molecule is COc1ccccc1S(=O)(=O)N1CC[C@H](O)C1. The molecule has 0 aliphatic carbocycles. The lowest BCUT2D eigenvalue weighted by Crippen LogP contribution is -2.30. The van der Waals surface area contributed by atoms with Gasteiger partial charge in [0.1, 0.15) is 10.6 Å². The van der Waals surface area contributed by atoms with E-state index in [2.05, 4.69) is 0 Å². The topological polar surface area (TPSA) is 66.8 Å². The fourth-order valence-electron chi connectivity index (χ4n) is 1.90. The minimum Gasteiger partial charge on any atom is -0.495 e. The highest BCUT2D eigenvalue weighted by molar-refractivity contribution is 7.89. The van der Waals surface area contributed by atoms with Crippen LogP contribution >= 0.6 is 0 Å². The molecule has 5 nitrogen and oxygen atoms in total. The van der Waals surface area contributed by atoms with Gasteiger partial charge < -0.3 is 9.84 Å². The molecule has 6 heteroatoms. The summed E-state index contributed by atoms with van der Waals surface area (Å²) in [4.78, 5) is 0.150. The third-order valence-electron chi connectivity index (χ3n) is 2.81. The molecule has 1 aromatic rings. The zero-order valence-electron chi connectivity index (χ0n) is 9.54. The minimum atomic E-state index is -3.57. The van der Waals surface area contributed by atoms with Crippen molar-refractivity contribution in [3.8, 4) is 5.75 Å². The van der Waals surface area contributed by atoms with E-state index in [1.54, 1.807) is 18.2 Å². The van der Waals surface area contributed by atoms with Gasteiger partial charge in [0, 0.05) is 13.1 Å². The van der Waals surface area contributed by atoms with Crippen LogP contribution in [0.15, 0.2) is 29.2 Å². The number of nitrogens with zero attached hydrogens (tertiary/aromatic N) is 1. The van der Waals surface area contributed by atoms with Crippen molar-refractivity contribution >= 4 is 10.0 Å². The van der Waals surface area contributed by atoms with Crippen LogP contribution in [0.3, 0.4) is 0 Å². The first-order chi connectivity index (χ1) is 8.05. The third kappa shape index (κ3) is 2.29.